The van der Waals surface area contributed by atoms with E-state index in [-0.39, 0.29) is 0 Å². The Kier molecular flexibility index (Phi) is 7.34. The number of hydrogen-bond acceptors (Lipinski definition) is 4. The average Bonchev–Trinajstić information content (AvgIpc) is 2.43. The van der Waals surface area contributed by atoms with E-state index in [1.54, 1.807) is 0 Å². The Hall–Kier alpha value is -0.650. The molecule has 0 aromatic carbocycles. The second-order valence-corrected chi connectivity index (χ2v) is 5.23. The summed E-state index contributed by atoms with van der Waals surface area (Å²) >= 11 is 0. The Morgan fingerprint density at radius 3 is 2.58 bits per heavy atom. The van der Waals surface area contributed by atoms with E-state index >= 15 is 0 Å². The van der Waals surface area contributed by atoms with Crippen LogP contribution in [0.3, 0.4) is 0 Å². The lowest BCUT2D eigenvalue weighted by Crippen LogP contribution is -2.52. The maximum Gasteiger partial charge on any atom is 0.323 e. The highest BCUT2D eigenvalue weighted by molar-refractivity contribution is 5.78. The lowest BCUT2D eigenvalue weighted by atomic mass is 9.90. The van der Waals surface area contributed by atoms with E-state index in [0.29, 0.717) is 12.8 Å². The van der Waals surface area contributed by atoms with Gasteiger partial charge in [0.2, 0.25) is 0 Å². The molecule has 0 radical (unpaired) electrons. The Bertz CT molecular complexity index is 267. The van der Waals surface area contributed by atoms with E-state index < -0.39 is 11.5 Å². The van der Waals surface area contributed by atoms with Crippen molar-refractivity contribution in [2.24, 2.45) is 0 Å². The van der Waals surface area contributed by atoms with Crippen LogP contribution in [0.25, 0.3) is 0 Å². The summed E-state index contributed by atoms with van der Waals surface area (Å²) in [5.74, 6) is -0.717. The summed E-state index contributed by atoms with van der Waals surface area (Å²) in [6.45, 7) is 9.26. The van der Waals surface area contributed by atoms with Gasteiger partial charge in [0, 0.05) is 13.1 Å². The molecular weight excluding hydrogens is 244 g/mol. The van der Waals surface area contributed by atoms with Crippen molar-refractivity contribution in [3.8, 4) is 0 Å². The quantitative estimate of drug-likeness (QED) is 0.663. The average molecular weight is 272 g/mol. The Balaban J connectivity index is 2.40. The molecule has 19 heavy (non-hydrogen) atoms. The summed E-state index contributed by atoms with van der Waals surface area (Å²) in [4.78, 5) is 13.9. The number of hydrogen-bond donors (Lipinski definition) is 2. The van der Waals surface area contributed by atoms with Gasteiger partial charge < -0.3 is 15.2 Å². The summed E-state index contributed by atoms with van der Waals surface area (Å²) in [6, 6.07) is 0. The standard InChI is InChI=1S/C14H28N2O3/c1-3-7-15-14(4-2,13(17)18)6-5-8-16-9-11-19-12-10-16/h15H,3-12H2,1-2H3,(H,17,18). The Morgan fingerprint density at radius 1 is 1.37 bits per heavy atom. The molecule has 0 amide bonds. The molecule has 1 fully saturated rings. The van der Waals surface area contributed by atoms with Gasteiger partial charge >= 0.3 is 5.97 Å². The zero-order valence-corrected chi connectivity index (χ0v) is 12.3. The van der Waals surface area contributed by atoms with Gasteiger partial charge in [-0.25, -0.2) is 0 Å². The molecule has 0 aliphatic carbocycles. The van der Waals surface area contributed by atoms with E-state index in [1.165, 1.54) is 0 Å². The van der Waals surface area contributed by atoms with Crippen LogP contribution in [0.2, 0.25) is 0 Å². The topological polar surface area (TPSA) is 61.8 Å². The van der Waals surface area contributed by atoms with Gasteiger partial charge in [-0.2, -0.15) is 0 Å². The molecule has 1 unspecified atom stereocenters. The lowest BCUT2D eigenvalue weighted by Gasteiger charge is -2.32. The number of morpholine rings is 1. The summed E-state index contributed by atoms with van der Waals surface area (Å²) in [6.07, 6.45) is 3.19. The molecule has 0 spiro atoms. The van der Waals surface area contributed by atoms with Crippen molar-refractivity contribution in [3.63, 3.8) is 0 Å². The largest absolute Gasteiger partial charge is 0.480 e. The molecule has 0 aromatic rings. The number of nitrogens with zero attached hydrogens (tertiary/aromatic N) is 1. The van der Waals surface area contributed by atoms with Crippen LogP contribution >= 0.6 is 0 Å². The van der Waals surface area contributed by atoms with Crippen LogP contribution in [-0.4, -0.2) is 60.9 Å². The minimum atomic E-state index is -0.748. The highest BCUT2D eigenvalue weighted by atomic mass is 16.5. The van der Waals surface area contributed by atoms with Crippen molar-refractivity contribution in [2.75, 3.05) is 39.4 Å². The summed E-state index contributed by atoms with van der Waals surface area (Å²) in [5, 5.41) is 12.7. The van der Waals surface area contributed by atoms with Crippen LogP contribution < -0.4 is 5.32 Å². The Morgan fingerprint density at radius 2 is 2.05 bits per heavy atom. The normalized spacial score (nSPS) is 20.1. The van der Waals surface area contributed by atoms with Gasteiger partial charge in [0.15, 0.2) is 0 Å². The highest BCUT2D eigenvalue weighted by Crippen LogP contribution is 2.19. The van der Waals surface area contributed by atoms with Gasteiger partial charge in [-0.1, -0.05) is 13.8 Å². The summed E-state index contributed by atoms with van der Waals surface area (Å²) in [7, 11) is 0. The minimum Gasteiger partial charge on any atom is -0.480 e. The molecule has 1 rings (SSSR count). The lowest BCUT2D eigenvalue weighted by molar-refractivity contribution is -0.145. The number of ether oxygens (including phenoxy) is 1. The van der Waals surface area contributed by atoms with Gasteiger partial charge in [-0.15, -0.1) is 0 Å². The Labute approximate surface area is 116 Å². The molecule has 1 aliphatic heterocycles. The fraction of sp³-hybridized carbons (Fsp3) is 0.929. The number of carboxylic acids is 1. The van der Waals surface area contributed by atoms with Crippen LogP contribution in [0.5, 0.6) is 0 Å². The molecule has 1 atom stereocenters. The molecule has 0 bridgehead atoms. The molecule has 5 heteroatoms. The van der Waals surface area contributed by atoms with Crippen LogP contribution in [0.4, 0.5) is 0 Å². The van der Waals surface area contributed by atoms with Crippen molar-refractivity contribution in [3.05, 3.63) is 0 Å². The molecular formula is C14H28N2O3. The zero-order chi connectivity index (χ0) is 14.1. The SMILES string of the molecule is CCCNC(CC)(CCCN1CCOCC1)C(=O)O. The van der Waals surface area contributed by atoms with E-state index in [4.69, 9.17) is 4.74 Å². The van der Waals surface area contributed by atoms with Crippen molar-refractivity contribution in [1.29, 1.82) is 0 Å². The molecule has 5 nitrogen and oxygen atoms in total. The smallest absolute Gasteiger partial charge is 0.323 e. The first-order chi connectivity index (χ1) is 9.14. The number of carbonyl (C=O) groups is 1. The first-order valence-electron chi connectivity index (χ1n) is 7.43. The molecule has 1 heterocycles. The summed E-state index contributed by atoms with van der Waals surface area (Å²) < 4.78 is 5.31. The minimum absolute atomic E-state index is 0.630. The van der Waals surface area contributed by atoms with Gasteiger partial charge in [-0.3, -0.25) is 9.69 Å². The van der Waals surface area contributed by atoms with E-state index in [1.807, 2.05) is 6.92 Å². The van der Waals surface area contributed by atoms with E-state index in [0.717, 1.165) is 52.2 Å². The number of carboxylic acid groups (broad SMARTS) is 1. The molecule has 0 saturated carbocycles. The first kappa shape index (κ1) is 16.4. The maximum absolute atomic E-state index is 11.5. The molecule has 112 valence electrons. The first-order valence-corrected chi connectivity index (χ1v) is 7.43. The number of nitrogens with one attached hydrogen (secondary N) is 1. The van der Waals surface area contributed by atoms with E-state index in [2.05, 4.69) is 17.1 Å². The second-order valence-electron chi connectivity index (χ2n) is 5.23. The van der Waals surface area contributed by atoms with Crippen molar-refractivity contribution >= 4 is 5.97 Å². The zero-order valence-electron chi connectivity index (χ0n) is 12.3. The fourth-order valence-corrected chi connectivity index (χ4v) is 2.52. The van der Waals surface area contributed by atoms with Crippen LogP contribution in [0, 0.1) is 0 Å². The maximum atomic E-state index is 11.5. The molecule has 1 saturated heterocycles. The number of aliphatic carboxylic acids is 1. The van der Waals surface area contributed by atoms with Gasteiger partial charge in [0.1, 0.15) is 5.54 Å². The van der Waals surface area contributed by atoms with Crippen molar-refractivity contribution < 1.29 is 14.6 Å². The van der Waals surface area contributed by atoms with Crippen LogP contribution in [-0.2, 0) is 9.53 Å². The van der Waals surface area contributed by atoms with Crippen LogP contribution in [0.15, 0.2) is 0 Å². The monoisotopic (exact) mass is 272 g/mol. The second kappa shape index (κ2) is 8.51. The van der Waals surface area contributed by atoms with Crippen molar-refractivity contribution in [2.45, 2.75) is 45.1 Å². The van der Waals surface area contributed by atoms with Crippen molar-refractivity contribution in [1.82, 2.24) is 10.2 Å². The third-order valence-corrected chi connectivity index (χ3v) is 3.91. The third-order valence-electron chi connectivity index (χ3n) is 3.91. The predicted octanol–water partition coefficient (Wildman–Crippen LogP) is 1.33. The van der Waals surface area contributed by atoms with Gasteiger partial charge in [0.05, 0.1) is 13.2 Å². The predicted molar refractivity (Wildman–Crippen MR) is 75.4 cm³/mol. The highest BCUT2D eigenvalue weighted by Gasteiger charge is 2.35. The molecule has 0 aromatic heterocycles. The van der Waals surface area contributed by atoms with Gasteiger partial charge in [-0.05, 0) is 38.8 Å². The summed E-state index contributed by atoms with van der Waals surface area (Å²) in [5.41, 5.74) is -0.748. The molecule has 1 aliphatic rings. The molecule has 2 N–H and O–H groups in total. The fourth-order valence-electron chi connectivity index (χ4n) is 2.52. The van der Waals surface area contributed by atoms with Crippen LogP contribution in [0.1, 0.15) is 39.5 Å². The van der Waals surface area contributed by atoms with E-state index in [9.17, 15) is 9.90 Å². The van der Waals surface area contributed by atoms with Gasteiger partial charge in [0.25, 0.3) is 0 Å². The third kappa shape index (κ3) is 5.09. The number of rotatable bonds is 9.